The van der Waals surface area contributed by atoms with Crippen molar-refractivity contribution in [2.75, 3.05) is 5.01 Å². The van der Waals surface area contributed by atoms with E-state index in [1.807, 2.05) is 74.5 Å². The molecule has 1 atom stereocenters. The third-order valence-corrected chi connectivity index (χ3v) is 4.39. The number of ether oxygens (including phenoxy) is 1. The van der Waals surface area contributed by atoms with Gasteiger partial charge in [0.25, 0.3) is 5.91 Å². The van der Waals surface area contributed by atoms with E-state index in [-0.39, 0.29) is 12.0 Å². The van der Waals surface area contributed by atoms with Crippen molar-refractivity contribution >= 4 is 23.4 Å². The first-order valence-corrected chi connectivity index (χ1v) is 8.27. The summed E-state index contributed by atoms with van der Waals surface area (Å²) in [4.78, 5) is 12.8. The molecule has 2 aromatic carbocycles. The number of rotatable bonds is 2. The first-order valence-electron chi connectivity index (χ1n) is 8.27. The van der Waals surface area contributed by atoms with E-state index in [1.165, 1.54) is 5.01 Å². The molecule has 0 N–H and O–H groups in total. The molecule has 2 aliphatic heterocycles. The molecule has 0 radical (unpaired) electrons. The third-order valence-electron chi connectivity index (χ3n) is 4.39. The van der Waals surface area contributed by atoms with Crippen molar-refractivity contribution < 1.29 is 9.53 Å². The summed E-state index contributed by atoms with van der Waals surface area (Å²) < 4.78 is 5.96. The summed E-state index contributed by atoms with van der Waals surface area (Å²) in [6, 6.07) is 17.4. The Balaban J connectivity index is 1.70. The van der Waals surface area contributed by atoms with Crippen LogP contribution in [0.4, 0.5) is 5.69 Å². The van der Waals surface area contributed by atoms with Gasteiger partial charge >= 0.3 is 0 Å². The van der Waals surface area contributed by atoms with Crippen LogP contribution in [-0.4, -0.2) is 17.7 Å². The molecule has 2 aliphatic rings. The Morgan fingerprint density at radius 2 is 1.80 bits per heavy atom. The predicted molar refractivity (Wildman–Crippen MR) is 99.6 cm³/mol. The zero-order valence-corrected chi connectivity index (χ0v) is 14.1. The lowest BCUT2D eigenvalue weighted by Gasteiger charge is -2.23. The fraction of sp³-hybridized carbons (Fsp3) is 0.143. The summed E-state index contributed by atoms with van der Waals surface area (Å²) in [5, 5.41) is 5.87. The SMILES string of the molecule is CC1=NN(c2ccccc2)C(=O)/C1=C\C1=Cc2ccccc2O[C@@H]1C. The van der Waals surface area contributed by atoms with Gasteiger partial charge in [0.1, 0.15) is 11.9 Å². The van der Waals surface area contributed by atoms with Crippen molar-refractivity contribution in [1.82, 2.24) is 0 Å². The van der Waals surface area contributed by atoms with E-state index in [4.69, 9.17) is 4.74 Å². The van der Waals surface area contributed by atoms with Gasteiger partial charge in [-0.3, -0.25) is 4.79 Å². The number of carbonyl (C=O) groups is 1. The van der Waals surface area contributed by atoms with Gasteiger partial charge in [0.2, 0.25) is 0 Å². The molecule has 0 aliphatic carbocycles. The minimum atomic E-state index is -0.117. The smallest absolute Gasteiger partial charge is 0.280 e. The van der Waals surface area contributed by atoms with E-state index in [9.17, 15) is 4.79 Å². The van der Waals surface area contributed by atoms with Crippen molar-refractivity contribution in [2.45, 2.75) is 20.0 Å². The molecule has 2 heterocycles. The monoisotopic (exact) mass is 330 g/mol. The highest BCUT2D eigenvalue weighted by Gasteiger charge is 2.30. The van der Waals surface area contributed by atoms with Crippen molar-refractivity contribution in [3.05, 3.63) is 77.4 Å². The van der Waals surface area contributed by atoms with Crippen molar-refractivity contribution in [2.24, 2.45) is 5.10 Å². The summed E-state index contributed by atoms with van der Waals surface area (Å²) in [6.07, 6.45) is 3.85. The fourth-order valence-corrected chi connectivity index (χ4v) is 3.02. The predicted octanol–water partition coefficient (Wildman–Crippen LogP) is 4.20. The van der Waals surface area contributed by atoms with E-state index in [2.05, 4.69) is 11.2 Å². The maximum absolute atomic E-state index is 12.8. The van der Waals surface area contributed by atoms with Crippen molar-refractivity contribution in [3.8, 4) is 5.75 Å². The van der Waals surface area contributed by atoms with Crippen LogP contribution in [0.3, 0.4) is 0 Å². The summed E-state index contributed by atoms with van der Waals surface area (Å²) in [5.74, 6) is 0.752. The second kappa shape index (κ2) is 6.06. The largest absolute Gasteiger partial charge is 0.485 e. The average molecular weight is 330 g/mol. The zero-order chi connectivity index (χ0) is 17.4. The summed E-state index contributed by atoms with van der Waals surface area (Å²) in [7, 11) is 0. The van der Waals surface area contributed by atoms with E-state index < -0.39 is 0 Å². The van der Waals surface area contributed by atoms with Crippen LogP contribution < -0.4 is 9.75 Å². The second-order valence-corrected chi connectivity index (χ2v) is 6.14. The van der Waals surface area contributed by atoms with Gasteiger partial charge < -0.3 is 4.74 Å². The maximum Gasteiger partial charge on any atom is 0.280 e. The highest BCUT2D eigenvalue weighted by atomic mass is 16.5. The van der Waals surface area contributed by atoms with Crippen LogP contribution in [0.5, 0.6) is 5.75 Å². The van der Waals surface area contributed by atoms with Gasteiger partial charge in [0, 0.05) is 5.56 Å². The lowest BCUT2D eigenvalue weighted by Crippen LogP contribution is -2.23. The molecular weight excluding hydrogens is 312 g/mol. The van der Waals surface area contributed by atoms with Crippen LogP contribution in [0.2, 0.25) is 0 Å². The van der Waals surface area contributed by atoms with Gasteiger partial charge in [-0.05, 0) is 49.8 Å². The molecule has 4 rings (SSSR count). The van der Waals surface area contributed by atoms with Crippen LogP contribution >= 0.6 is 0 Å². The van der Waals surface area contributed by atoms with E-state index in [0.29, 0.717) is 11.3 Å². The number of fused-ring (bicyclic) bond motifs is 1. The van der Waals surface area contributed by atoms with E-state index in [0.717, 1.165) is 22.6 Å². The minimum absolute atomic E-state index is 0.115. The number of carbonyl (C=O) groups excluding carboxylic acids is 1. The second-order valence-electron chi connectivity index (χ2n) is 6.14. The van der Waals surface area contributed by atoms with Crippen LogP contribution in [-0.2, 0) is 4.79 Å². The van der Waals surface area contributed by atoms with E-state index >= 15 is 0 Å². The molecule has 0 saturated carbocycles. The van der Waals surface area contributed by atoms with Crippen LogP contribution in [0.1, 0.15) is 19.4 Å². The zero-order valence-electron chi connectivity index (χ0n) is 14.1. The quantitative estimate of drug-likeness (QED) is 0.775. The van der Waals surface area contributed by atoms with Crippen LogP contribution in [0, 0.1) is 0 Å². The Morgan fingerprint density at radius 3 is 2.60 bits per heavy atom. The molecule has 0 aromatic heterocycles. The van der Waals surface area contributed by atoms with Gasteiger partial charge in [-0.25, -0.2) is 0 Å². The van der Waals surface area contributed by atoms with Gasteiger partial charge in [-0.2, -0.15) is 10.1 Å². The van der Waals surface area contributed by atoms with Crippen molar-refractivity contribution in [1.29, 1.82) is 0 Å². The molecule has 1 amide bonds. The number of hydrogen-bond donors (Lipinski definition) is 0. The summed E-state index contributed by atoms with van der Waals surface area (Å²) >= 11 is 0. The Hall–Kier alpha value is -3.14. The summed E-state index contributed by atoms with van der Waals surface area (Å²) in [6.45, 7) is 3.84. The number of para-hydroxylation sites is 2. The molecule has 4 nitrogen and oxygen atoms in total. The Labute approximate surface area is 146 Å². The number of anilines is 1. The molecular formula is C21H18N2O2. The topological polar surface area (TPSA) is 41.9 Å². The van der Waals surface area contributed by atoms with Gasteiger partial charge in [0.15, 0.2) is 0 Å². The van der Waals surface area contributed by atoms with Crippen LogP contribution in [0.15, 0.2) is 76.9 Å². The number of hydrazone groups is 1. The number of nitrogens with zero attached hydrogens (tertiary/aromatic N) is 2. The van der Waals surface area contributed by atoms with Crippen molar-refractivity contribution in [3.63, 3.8) is 0 Å². The Bertz CT molecular complexity index is 926. The lowest BCUT2D eigenvalue weighted by atomic mass is 9.99. The Kier molecular flexibility index (Phi) is 3.73. The minimum Gasteiger partial charge on any atom is -0.485 e. The molecule has 2 aromatic rings. The van der Waals surface area contributed by atoms with Gasteiger partial charge in [-0.15, -0.1) is 0 Å². The standard InChI is InChI=1S/C21H18N2O2/c1-14-19(21(24)23(22-14)18-9-4-3-5-10-18)13-17-12-16-8-6-7-11-20(16)25-15(17)2/h3-13,15H,1-2H3/b19-13-/t15-/m1/s1. The number of amides is 1. The lowest BCUT2D eigenvalue weighted by molar-refractivity contribution is -0.114. The van der Waals surface area contributed by atoms with Crippen LogP contribution in [0.25, 0.3) is 6.08 Å². The summed E-state index contributed by atoms with van der Waals surface area (Å²) in [5.41, 5.74) is 4.06. The molecule has 25 heavy (non-hydrogen) atoms. The normalized spacial score (nSPS) is 20.9. The van der Waals surface area contributed by atoms with E-state index in [1.54, 1.807) is 0 Å². The first kappa shape index (κ1) is 15.4. The molecule has 0 bridgehead atoms. The Morgan fingerprint density at radius 1 is 1.08 bits per heavy atom. The van der Waals surface area contributed by atoms with Gasteiger partial charge in [-0.1, -0.05) is 36.4 Å². The van der Waals surface area contributed by atoms with Gasteiger partial charge in [0.05, 0.1) is 17.0 Å². The highest BCUT2D eigenvalue weighted by molar-refractivity contribution is 6.30. The fourth-order valence-electron chi connectivity index (χ4n) is 3.02. The highest BCUT2D eigenvalue weighted by Crippen LogP contribution is 2.31. The molecule has 0 unspecified atom stereocenters. The number of hydrogen-bond acceptors (Lipinski definition) is 3. The molecule has 0 saturated heterocycles. The molecule has 0 fully saturated rings. The molecule has 4 heteroatoms. The third kappa shape index (κ3) is 2.76. The maximum atomic E-state index is 12.8. The molecule has 0 spiro atoms. The average Bonchev–Trinajstić information content (AvgIpc) is 2.91. The molecule has 124 valence electrons. The number of benzene rings is 2. The first-order chi connectivity index (χ1) is 12.1.